The maximum absolute atomic E-state index is 4.17. The van der Waals surface area contributed by atoms with E-state index in [2.05, 4.69) is 17.5 Å². The van der Waals surface area contributed by atoms with Gasteiger partial charge in [-0.05, 0) is 6.26 Å². The molecule has 1 aromatic carbocycles. The molecule has 0 atom stereocenters. The van der Waals surface area contributed by atoms with Crippen molar-refractivity contribution in [2.75, 3.05) is 6.26 Å². The number of para-hydroxylation sites is 1. The average molecular weight is 228 g/mol. The molecule has 0 aliphatic heterocycles. The first-order valence-corrected chi connectivity index (χ1v) is 4.97. The fourth-order valence-electron chi connectivity index (χ4n) is 0.926. The number of aliphatic imine (C=N–C) groups is 1. The van der Waals surface area contributed by atoms with Gasteiger partial charge in [0.1, 0.15) is 0 Å². The average Bonchev–Trinajstić information content (AvgIpc) is 2.15. The second kappa shape index (κ2) is 7.25. The van der Waals surface area contributed by atoms with Gasteiger partial charge in [-0.3, -0.25) is 0 Å². The summed E-state index contributed by atoms with van der Waals surface area (Å²) in [5.41, 5.74) is 4.99. The van der Waals surface area contributed by atoms with Gasteiger partial charge in [-0.1, -0.05) is 23.9 Å². The summed E-state index contributed by atoms with van der Waals surface area (Å²) < 4.78 is 0. The van der Waals surface area contributed by atoms with Crippen LogP contribution in [0.5, 0.6) is 0 Å². The van der Waals surface area contributed by atoms with Crippen LogP contribution in [0.4, 0.5) is 5.69 Å². The monoisotopic (exact) mass is 228 g/mol. The van der Waals surface area contributed by atoms with Crippen molar-refractivity contribution in [3.8, 4) is 0 Å². The topological polar surface area (TPSA) is 12.4 Å². The summed E-state index contributed by atoms with van der Waals surface area (Å²) in [6.07, 6.45) is 2.71. The Morgan fingerprint density at radius 1 is 1.46 bits per heavy atom. The van der Waals surface area contributed by atoms with Gasteiger partial charge in [0.05, 0.1) is 0 Å². The number of hydrogen-bond acceptors (Lipinski definition) is 2. The van der Waals surface area contributed by atoms with Gasteiger partial charge in [-0.15, -0.1) is 17.2 Å². The summed E-state index contributed by atoms with van der Waals surface area (Å²) in [6.45, 7) is 3.83. The van der Waals surface area contributed by atoms with Crippen LogP contribution in [0.25, 0.3) is 0 Å². The Kier molecular flexibility index (Phi) is 7.15. The first kappa shape index (κ1) is 12.8. The zero-order valence-corrected chi connectivity index (χ0v) is 9.74. The van der Waals surface area contributed by atoms with Gasteiger partial charge >= 0.3 is 18.6 Å². The van der Waals surface area contributed by atoms with Crippen LogP contribution in [0, 0.1) is 6.92 Å². The van der Waals surface area contributed by atoms with Crippen molar-refractivity contribution in [3.05, 3.63) is 36.8 Å². The van der Waals surface area contributed by atoms with Gasteiger partial charge in [-0.25, -0.2) is 11.8 Å². The molecule has 1 radical (unpaired) electrons. The van der Waals surface area contributed by atoms with Crippen LogP contribution in [0.3, 0.4) is 0 Å². The van der Waals surface area contributed by atoms with E-state index in [1.807, 2.05) is 30.5 Å². The van der Waals surface area contributed by atoms with E-state index < -0.39 is 0 Å². The predicted molar refractivity (Wildman–Crippen MR) is 56.1 cm³/mol. The third kappa shape index (κ3) is 4.03. The van der Waals surface area contributed by atoms with Crippen LogP contribution in [0.15, 0.2) is 29.3 Å². The van der Waals surface area contributed by atoms with Gasteiger partial charge in [-0.2, -0.15) is 6.42 Å². The van der Waals surface area contributed by atoms with Crippen molar-refractivity contribution in [1.82, 2.24) is 0 Å². The number of benzene rings is 1. The molecule has 0 N–H and O–H groups in total. The number of thioether (sulfide) groups is 1. The quantitative estimate of drug-likeness (QED) is 0.440. The molecule has 0 heterocycles. The van der Waals surface area contributed by atoms with E-state index in [0.29, 0.717) is 0 Å². The van der Waals surface area contributed by atoms with Crippen molar-refractivity contribution >= 4 is 23.0 Å². The van der Waals surface area contributed by atoms with E-state index >= 15 is 0 Å². The zero-order valence-electron chi connectivity index (χ0n) is 7.53. The van der Waals surface area contributed by atoms with E-state index in [0.717, 1.165) is 12.1 Å². The third-order valence-electron chi connectivity index (χ3n) is 1.52. The molecule has 1 aromatic rings. The van der Waals surface area contributed by atoms with Crippen LogP contribution in [0.1, 0.15) is 5.56 Å². The molecule has 0 spiro atoms. The standard InChI is InChI=1S/C10H11NS.V/c1-3-9-6-4-5-7-10(9)11-8-12-2;/h4-7H,1,3H2,2H3;/q-2;+2. The Balaban J connectivity index is 0.00000144. The fraction of sp³-hybridized carbons (Fsp3) is 0.200. The van der Waals surface area contributed by atoms with E-state index in [1.54, 1.807) is 0 Å². The molecule has 1 rings (SSSR count). The molecule has 3 heteroatoms. The molecule has 0 saturated heterocycles. The second-order valence-electron chi connectivity index (χ2n) is 2.29. The SMILES string of the molecule is [CH2-]Cc1ccccc1N=[C-]SC.[V+2]. The Bertz CT molecular complexity index is 273. The first-order valence-electron chi connectivity index (χ1n) is 3.74. The fourth-order valence-corrected chi connectivity index (χ4v) is 1.12. The summed E-state index contributed by atoms with van der Waals surface area (Å²) in [5.74, 6) is 0. The van der Waals surface area contributed by atoms with Gasteiger partial charge < -0.3 is 11.9 Å². The molecule has 0 bridgehead atoms. The molecule has 0 aromatic heterocycles. The molecule has 0 aliphatic carbocycles. The molecular formula is C10H11NSV. The molecule has 0 saturated carbocycles. The predicted octanol–water partition coefficient (Wildman–Crippen LogP) is 2.96. The van der Waals surface area contributed by atoms with Crippen LogP contribution >= 0.6 is 11.8 Å². The van der Waals surface area contributed by atoms with Crippen molar-refractivity contribution in [2.24, 2.45) is 4.99 Å². The molecule has 67 valence electrons. The van der Waals surface area contributed by atoms with Gasteiger partial charge in [0.25, 0.3) is 0 Å². The van der Waals surface area contributed by atoms with Crippen molar-refractivity contribution in [2.45, 2.75) is 6.42 Å². The smallest absolute Gasteiger partial charge is 0.445 e. The Hall–Kier alpha value is -0.176. The Labute approximate surface area is 95.9 Å². The summed E-state index contributed by atoms with van der Waals surface area (Å²) >= 11 is 1.48. The maximum atomic E-state index is 4.17. The number of nitrogens with zero attached hydrogens (tertiary/aromatic N) is 1. The normalized spacial score (nSPS) is 10.0. The van der Waals surface area contributed by atoms with Crippen LogP contribution in [-0.4, -0.2) is 11.8 Å². The summed E-state index contributed by atoms with van der Waals surface area (Å²) in [7, 11) is 0. The molecule has 0 amide bonds. The van der Waals surface area contributed by atoms with Crippen molar-refractivity contribution < 1.29 is 18.6 Å². The Morgan fingerprint density at radius 3 is 2.77 bits per heavy atom. The van der Waals surface area contributed by atoms with Crippen molar-refractivity contribution in [3.63, 3.8) is 0 Å². The molecule has 1 nitrogen and oxygen atoms in total. The van der Waals surface area contributed by atoms with Crippen molar-refractivity contribution in [1.29, 1.82) is 0 Å². The summed E-state index contributed by atoms with van der Waals surface area (Å²) in [6, 6.07) is 7.98. The van der Waals surface area contributed by atoms with Crippen LogP contribution < -0.4 is 0 Å². The van der Waals surface area contributed by atoms with Gasteiger partial charge in [0.2, 0.25) is 0 Å². The molecular weight excluding hydrogens is 217 g/mol. The summed E-state index contributed by atoms with van der Waals surface area (Å²) in [4.78, 5) is 4.17. The molecule has 0 aliphatic rings. The van der Waals surface area contributed by atoms with E-state index in [9.17, 15) is 0 Å². The largest absolute Gasteiger partial charge is 2.00 e. The molecule has 0 unspecified atom stereocenters. The minimum atomic E-state index is 0. The zero-order chi connectivity index (χ0) is 8.81. The summed E-state index contributed by atoms with van der Waals surface area (Å²) in [5, 5.41) is 0. The molecule has 13 heavy (non-hydrogen) atoms. The van der Waals surface area contributed by atoms with E-state index in [4.69, 9.17) is 0 Å². The number of hydrogen-bond donors (Lipinski definition) is 0. The van der Waals surface area contributed by atoms with Gasteiger partial charge in [0, 0.05) is 0 Å². The third-order valence-corrected chi connectivity index (χ3v) is 1.79. The minimum Gasteiger partial charge on any atom is -0.445 e. The number of rotatable bonds is 3. The Morgan fingerprint density at radius 2 is 2.15 bits per heavy atom. The minimum absolute atomic E-state index is 0. The van der Waals surface area contributed by atoms with Crippen LogP contribution in [-0.2, 0) is 25.0 Å². The molecule has 0 fully saturated rings. The van der Waals surface area contributed by atoms with Gasteiger partial charge in [0.15, 0.2) is 0 Å². The maximum Gasteiger partial charge on any atom is 2.00 e. The second-order valence-corrected chi connectivity index (χ2v) is 2.88. The van der Waals surface area contributed by atoms with Crippen LogP contribution in [0.2, 0.25) is 0 Å². The first-order chi connectivity index (χ1) is 5.88. The van der Waals surface area contributed by atoms with E-state index in [-0.39, 0.29) is 18.6 Å². The van der Waals surface area contributed by atoms with E-state index in [1.165, 1.54) is 17.3 Å².